The van der Waals surface area contributed by atoms with Crippen molar-refractivity contribution in [3.8, 4) is 22.9 Å². The number of hydrogen-bond acceptors (Lipinski definition) is 9. The number of benzene rings is 1. The average molecular weight is 481 g/mol. The molecule has 0 fully saturated rings. The van der Waals surface area contributed by atoms with Crippen molar-refractivity contribution in [3.05, 3.63) is 66.3 Å². The van der Waals surface area contributed by atoms with Crippen molar-refractivity contribution in [1.82, 2.24) is 24.9 Å². The van der Waals surface area contributed by atoms with Gasteiger partial charge in [-0.15, -0.1) is 0 Å². The van der Waals surface area contributed by atoms with Crippen LogP contribution in [0.4, 0.5) is 10.2 Å². The lowest BCUT2D eigenvalue weighted by Gasteiger charge is -2.28. The van der Waals surface area contributed by atoms with Crippen LogP contribution in [0.25, 0.3) is 22.9 Å². The maximum absolute atomic E-state index is 14.3. The maximum atomic E-state index is 14.3. The Morgan fingerprint density at radius 3 is 2.77 bits per heavy atom. The van der Waals surface area contributed by atoms with Crippen molar-refractivity contribution >= 4 is 11.8 Å². The smallest absolute Gasteiger partial charge is 0.316 e. The minimum atomic E-state index is -1.27. The molecule has 35 heavy (non-hydrogen) atoms. The largest absolute Gasteiger partial charge is 0.465 e. The predicted molar refractivity (Wildman–Crippen MR) is 124 cm³/mol. The number of aliphatic hydroxyl groups excluding tert-OH is 1. The number of aromatic nitrogens is 5. The van der Waals surface area contributed by atoms with E-state index in [0.717, 1.165) is 0 Å². The zero-order valence-electron chi connectivity index (χ0n) is 19.5. The molecule has 1 atom stereocenters. The molecule has 2 N–H and O–H groups in total. The summed E-state index contributed by atoms with van der Waals surface area (Å²) >= 11 is 0. The van der Waals surface area contributed by atoms with Crippen LogP contribution in [0.2, 0.25) is 0 Å². The van der Waals surface area contributed by atoms with Gasteiger partial charge in [0.1, 0.15) is 40.9 Å². The van der Waals surface area contributed by atoms with Crippen LogP contribution < -0.4 is 5.32 Å². The number of nitrogens with zero attached hydrogens (tertiary/aromatic N) is 5. The lowest BCUT2D eigenvalue weighted by Crippen LogP contribution is -2.43. The summed E-state index contributed by atoms with van der Waals surface area (Å²) in [4.78, 5) is 20.9. The van der Waals surface area contributed by atoms with E-state index in [2.05, 4.69) is 25.5 Å². The molecule has 3 heterocycles. The molecule has 182 valence electrons. The molecule has 4 aromatic rings. The monoisotopic (exact) mass is 480 g/mol. The third-order valence-corrected chi connectivity index (χ3v) is 5.41. The number of esters is 1. The molecule has 1 aromatic carbocycles. The van der Waals surface area contributed by atoms with Gasteiger partial charge in [0.25, 0.3) is 0 Å². The van der Waals surface area contributed by atoms with Crippen molar-refractivity contribution < 1.29 is 23.6 Å². The number of hydrogen-bond donors (Lipinski definition) is 2. The van der Waals surface area contributed by atoms with E-state index < -0.39 is 17.6 Å². The van der Waals surface area contributed by atoms with E-state index in [-0.39, 0.29) is 30.6 Å². The minimum absolute atomic E-state index is 0.152. The first-order valence-electron chi connectivity index (χ1n) is 11.0. The number of anilines is 1. The molecule has 0 spiro atoms. The molecule has 0 aliphatic heterocycles. The second-order valence-corrected chi connectivity index (χ2v) is 8.30. The Labute approximate surface area is 200 Å². The van der Waals surface area contributed by atoms with Gasteiger partial charge in [0, 0.05) is 17.8 Å². The summed E-state index contributed by atoms with van der Waals surface area (Å²) in [5.41, 5.74) is 0.737. The first-order chi connectivity index (χ1) is 16.8. The van der Waals surface area contributed by atoms with Gasteiger partial charge in [-0.05, 0) is 39.0 Å². The Morgan fingerprint density at radius 2 is 2.06 bits per heavy atom. The predicted octanol–water partition coefficient (Wildman–Crippen LogP) is 3.50. The van der Waals surface area contributed by atoms with Crippen LogP contribution in [0.3, 0.4) is 0 Å². The van der Waals surface area contributed by atoms with Crippen molar-refractivity contribution in [3.63, 3.8) is 0 Å². The molecular formula is C24H25FN6O4. The van der Waals surface area contributed by atoms with E-state index in [1.165, 1.54) is 18.5 Å². The van der Waals surface area contributed by atoms with Crippen LogP contribution in [-0.4, -0.2) is 48.8 Å². The first kappa shape index (κ1) is 24.0. The molecule has 3 aromatic heterocycles. The lowest BCUT2D eigenvalue weighted by atomic mass is 9.91. The molecule has 4 rings (SSSR count). The Bertz CT molecular complexity index is 1310. The highest BCUT2D eigenvalue weighted by atomic mass is 19.1. The quantitative estimate of drug-likeness (QED) is 0.273. The number of carbonyl (C=O) groups is 1. The zero-order chi connectivity index (χ0) is 25.0. The van der Waals surface area contributed by atoms with Crippen molar-refractivity contribution in [2.45, 2.75) is 33.5 Å². The third-order valence-electron chi connectivity index (χ3n) is 5.41. The van der Waals surface area contributed by atoms with E-state index in [0.29, 0.717) is 22.6 Å². The molecule has 0 amide bonds. The van der Waals surface area contributed by atoms with E-state index in [4.69, 9.17) is 9.26 Å². The Morgan fingerprint density at radius 1 is 1.26 bits per heavy atom. The number of nitrogens with one attached hydrogen (secondary N) is 1. The van der Waals surface area contributed by atoms with Crippen LogP contribution >= 0.6 is 0 Å². The van der Waals surface area contributed by atoms with Gasteiger partial charge in [0.2, 0.25) is 0 Å². The normalized spacial score (nSPS) is 12.4. The zero-order valence-corrected chi connectivity index (χ0v) is 19.5. The van der Waals surface area contributed by atoms with Gasteiger partial charge in [0.15, 0.2) is 5.82 Å². The van der Waals surface area contributed by atoms with Crippen molar-refractivity contribution in [1.29, 1.82) is 0 Å². The van der Waals surface area contributed by atoms with Gasteiger partial charge >= 0.3 is 5.97 Å². The topological polar surface area (TPSA) is 128 Å². The van der Waals surface area contributed by atoms with Gasteiger partial charge in [-0.1, -0.05) is 23.4 Å². The van der Waals surface area contributed by atoms with E-state index in [1.54, 1.807) is 61.9 Å². The second-order valence-electron chi connectivity index (χ2n) is 8.30. The fourth-order valence-corrected chi connectivity index (χ4v) is 3.30. The standard InChI is InChI=1S/C24H25FN6O4/c1-4-34-23(33)24(2,3)22(32)28-20-9-11-26-21(27-20)18-13-19(17-10-12-35-30-17)31(29-18)14-15-7-5-6-8-16(15)25/h5-13,22,32H,4,14H2,1-3H3,(H,26,27,28). The van der Waals surface area contributed by atoms with Gasteiger partial charge in [-0.2, -0.15) is 5.10 Å². The molecule has 10 nitrogen and oxygen atoms in total. The number of ether oxygens (including phenoxy) is 1. The molecule has 0 radical (unpaired) electrons. The molecule has 0 saturated heterocycles. The summed E-state index contributed by atoms with van der Waals surface area (Å²) in [5.74, 6) is -0.352. The van der Waals surface area contributed by atoms with E-state index >= 15 is 0 Å². The molecule has 11 heteroatoms. The van der Waals surface area contributed by atoms with E-state index in [1.807, 2.05) is 0 Å². The summed E-state index contributed by atoms with van der Waals surface area (Å²) < 4.78 is 25.9. The fraction of sp³-hybridized carbons (Fsp3) is 0.292. The Balaban J connectivity index is 1.64. The van der Waals surface area contributed by atoms with Gasteiger partial charge in [-0.3, -0.25) is 9.48 Å². The second kappa shape index (κ2) is 10.0. The number of rotatable bonds is 9. The highest BCUT2D eigenvalue weighted by molar-refractivity contribution is 5.77. The van der Waals surface area contributed by atoms with Crippen LogP contribution in [0.5, 0.6) is 0 Å². The summed E-state index contributed by atoms with van der Waals surface area (Å²) in [6.45, 7) is 5.19. The van der Waals surface area contributed by atoms with Crippen molar-refractivity contribution in [2.24, 2.45) is 5.41 Å². The summed E-state index contributed by atoms with van der Waals surface area (Å²) in [6.07, 6.45) is 1.66. The number of carbonyl (C=O) groups excluding carboxylic acids is 1. The Hall–Kier alpha value is -4.12. The fourth-order valence-electron chi connectivity index (χ4n) is 3.30. The Kier molecular flexibility index (Phi) is 6.87. The average Bonchev–Trinajstić information content (AvgIpc) is 3.51. The van der Waals surface area contributed by atoms with Gasteiger partial charge in [-0.25, -0.2) is 14.4 Å². The van der Waals surface area contributed by atoms with Crippen LogP contribution in [-0.2, 0) is 16.1 Å². The molecule has 1 unspecified atom stereocenters. The molecule has 0 aliphatic rings. The summed E-state index contributed by atoms with van der Waals surface area (Å²) in [7, 11) is 0. The summed E-state index contributed by atoms with van der Waals surface area (Å²) in [5, 5.41) is 22.0. The number of halogens is 1. The maximum Gasteiger partial charge on any atom is 0.316 e. The SMILES string of the molecule is CCOC(=O)C(C)(C)C(O)Nc1ccnc(-c2cc(-c3ccon3)n(Cc3ccccc3F)n2)n1. The molecular weight excluding hydrogens is 455 g/mol. The third kappa shape index (κ3) is 5.19. The van der Waals surface area contributed by atoms with Gasteiger partial charge in [0.05, 0.1) is 18.8 Å². The van der Waals surface area contributed by atoms with Crippen LogP contribution in [0.15, 0.2) is 59.4 Å². The van der Waals surface area contributed by atoms with E-state index in [9.17, 15) is 14.3 Å². The lowest BCUT2D eigenvalue weighted by molar-refractivity contribution is -0.158. The van der Waals surface area contributed by atoms with Crippen LogP contribution in [0, 0.1) is 11.2 Å². The van der Waals surface area contributed by atoms with Crippen LogP contribution in [0.1, 0.15) is 26.3 Å². The highest BCUT2D eigenvalue weighted by Crippen LogP contribution is 2.27. The molecule has 0 saturated carbocycles. The van der Waals surface area contributed by atoms with Gasteiger partial charge < -0.3 is 19.7 Å². The van der Waals surface area contributed by atoms with Crippen molar-refractivity contribution in [2.75, 3.05) is 11.9 Å². The summed E-state index contributed by atoms with van der Waals surface area (Å²) in [6, 6.07) is 11.4. The molecule has 0 aliphatic carbocycles. The first-order valence-corrected chi connectivity index (χ1v) is 11.0. The number of aliphatic hydroxyl groups is 1. The molecule has 0 bridgehead atoms. The minimum Gasteiger partial charge on any atom is -0.465 e. The highest BCUT2D eigenvalue weighted by Gasteiger charge is 2.37.